The van der Waals surface area contributed by atoms with Crippen LogP contribution in [-0.2, 0) is 4.74 Å². The maximum atomic E-state index is 13.1. The largest absolute Gasteiger partial charge is 0.507 e. The minimum atomic E-state index is -1.06. The van der Waals surface area contributed by atoms with Crippen molar-refractivity contribution in [3.8, 4) is 23.0 Å². The van der Waals surface area contributed by atoms with E-state index in [0.717, 1.165) is 0 Å². The van der Waals surface area contributed by atoms with Crippen LogP contribution in [0.5, 0.6) is 23.0 Å². The van der Waals surface area contributed by atoms with E-state index in [-0.39, 0.29) is 45.8 Å². The smallest absolute Gasteiger partial charge is 0.344 e. The fraction of sp³-hybridized carbons (Fsp3) is 0.250. The minimum Gasteiger partial charge on any atom is -0.507 e. The van der Waals surface area contributed by atoms with Gasteiger partial charge in [-0.25, -0.2) is 9.59 Å². The van der Waals surface area contributed by atoms with Crippen molar-refractivity contribution >= 4 is 21.9 Å². The maximum absolute atomic E-state index is 13.1. The van der Waals surface area contributed by atoms with Crippen LogP contribution in [0.1, 0.15) is 24.0 Å². The van der Waals surface area contributed by atoms with Gasteiger partial charge in [0.2, 0.25) is 6.29 Å². The van der Waals surface area contributed by atoms with E-state index in [0.29, 0.717) is 16.9 Å². The molecule has 2 aromatic carbocycles. The summed E-state index contributed by atoms with van der Waals surface area (Å²) in [6, 6.07) is 9.64. The number of hydrogen-bond donors (Lipinski definition) is 1. The van der Waals surface area contributed by atoms with Crippen molar-refractivity contribution < 1.29 is 32.9 Å². The molecule has 0 aliphatic carbocycles. The first kappa shape index (κ1) is 20.9. The Balaban J connectivity index is 1.78. The lowest BCUT2D eigenvalue weighted by Crippen LogP contribution is -2.29. The average Bonchev–Trinajstić information content (AvgIpc) is 3.18. The average molecular weight is 452 g/mol. The molecule has 0 radical (unpaired) electrons. The first-order chi connectivity index (χ1) is 16.0. The van der Waals surface area contributed by atoms with Crippen molar-refractivity contribution in [3.05, 3.63) is 68.4 Å². The van der Waals surface area contributed by atoms with E-state index in [1.807, 2.05) is 0 Å². The summed E-state index contributed by atoms with van der Waals surface area (Å²) in [5.74, 6) is -0.206. The highest BCUT2D eigenvalue weighted by Crippen LogP contribution is 2.47. The minimum absolute atomic E-state index is 0.0709. The molecule has 3 heterocycles. The molecule has 4 aromatic rings. The van der Waals surface area contributed by atoms with Crippen LogP contribution in [0.15, 0.2) is 54.8 Å². The summed E-state index contributed by atoms with van der Waals surface area (Å²) in [5, 5.41) is 11.9. The van der Waals surface area contributed by atoms with Gasteiger partial charge in [0.25, 0.3) is 0 Å². The Kier molecular flexibility index (Phi) is 4.98. The van der Waals surface area contributed by atoms with Gasteiger partial charge in [0.15, 0.2) is 0 Å². The Bertz CT molecular complexity index is 1500. The van der Waals surface area contributed by atoms with Crippen LogP contribution < -0.4 is 25.5 Å². The molecule has 9 nitrogen and oxygen atoms in total. The van der Waals surface area contributed by atoms with E-state index in [9.17, 15) is 14.7 Å². The summed E-state index contributed by atoms with van der Waals surface area (Å²) in [6.45, 7) is 1.99. The van der Waals surface area contributed by atoms with E-state index in [2.05, 4.69) is 0 Å². The van der Waals surface area contributed by atoms with Gasteiger partial charge < -0.3 is 32.9 Å². The first-order valence-electron chi connectivity index (χ1n) is 10.2. The Morgan fingerprint density at radius 2 is 1.45 bits per heavy atom. The summed E-state index contributed by atoms with van der Waals surface area (Å²) in [4.78, 5) is 26.1. The van der Waals surface area contributed by atoms with Crippen molar-refractivity contribution in [1.29, 1.82) is 0 Å². The topological polar surface area (TPSA) is 118 Å². The zero-order valence-electron chi connectivity index (χ0n) is 18.0. The lowest BCUT2D eigenvalue weighted by Gasteiger charge is -2.19. The number of benzene rings is 2. The van der Waals surface area contributed by atoms with E-state index in [1.165, 1.54) is 20.3 Å². The second kappa shape index (κ2) is 7.86. The van der Waals surface area contributed by atoms with E-state index < -0.39 is 23.5 Å². The summed E-state index contributed by atoms with van der Waals surface area (Å²) in [6.07, 6.45) is -1.05. The molecule has 5 rings (SSSR count). The zero-order valence-corrected chi connectivity index (χ0v) is 18.0. The molecule has 0 amide bonds. The second-order valence-electron chi connectivity index (χ2n) is 7.43. The van der Waals surface area contributed by atoms with Gasteiger partial charge in [-0.15, -0.1) is 0 Å². The van der Waals surface area contributed by atoms with Crippen molar-refractivity contribution in [2.24, 2.45) is 0 Å². The lowest BCUT2D eigenvalue weighted by atomic mass is 9.92. The molecule has 9 heteroatoms. The predicted molar refractivity (Wildman–Crippen MR) is 118 cm³/mol. The Hall–Kier alpha value is -3.98. The molecule has 0 saturated carbocycles. The molecule has 0 spiro atoms. The number of methoxy groups -OCH3 is 2. The summed E-state index contributed by atoms with van der Waals surface area (Å²) < 4.78 is 33.1. The SMILES string of the molecule is CCOC1Oc2c(c(=O)oc3cc(OC)ccc23)C1c1c(O)c2ccc(OC)cc2oc1=O. The van der Waals surface area contributed by atoms with Crippen LogP contribution in [0.25, 0.3) is 21.9 Å². The van der Waals surface area contributed by atoms with Crippen LogP contribution in [-0.4, -0.2) is 32.2 Å². The van der Waals surface area contributed by atoms with Crippen molar-refractivity contribution in [3.63, 3.8) is 0 Å². The molecule has 33 heavy (non-hydrogen) atoms. The molecule has 2 aromatic heterocycles. The van der Waals surface area contributed by atoms with Gasteiger partial charge in [0.1, 0.15) is 34.2 Å². The molecular weight excluding hydrogens is 432 g/mol. The van der Waals surface area contributed by atoms with Gasteiger partial charge in [0.05, 0.1) is 42.0 Å². The van der Waals surface area contributed by atoms with Crippen LogP contribution in [0.2, 0.25) is 0 Å². The standard InChI is InChI=1S/C24H20O9/c1-4-30-24-17(18-20(25)13-7-5-11(28-2)9-15(13)31-22(18)26)19-21(33-24)14-8-6-12(29-3)10-16(14)32-23(19)27/h5-10,17,24-25H,4H2,1-3H3. The fourth-order valence-corrected chi connectivity index (χ4v) is 4.17. The predicted octanol–water partition coefficient (Wildman–Crippen LogP) is 3.51. The molecule has 0 fully saturated rings. The molecule has 1 aliphatic rings. The van der Waals surface area contributed by atoms with E-state index >= 15 is 0 Å². The van der Waals surface area contributed by atoms with Gasteiger partial charge in [-0.1, -0.05) is 0 Å². The number of hydrogen-bond acceptors (Lipinski definition) is 9. The van der Waals surface area contributed by atoms with Crippen molar-refractivity contribution in [2.45, 2.75) is 19.1 Å². The molecule has 0 saturated heterocycles. The number of aromatic hydroxyl groups is 1. The molecule has 0 bridgehead atoms. The molecule has 170 valence electrons. The third-order valence-corrected chi connectivity index (χ3v) is 5.68. The molecule has 1 N–H and O–H groups in total. The summed E-state index contributed by atoms with van der Waals surface area (Å²) in [7, 11) is 2.98. The molecule has 1 aliphatic heterocycles. The molecule has 2 unspecified atom stereocenters. The first-order valence-corrected chi connectivity index (χ1v) is 10.2. The summed E-state index contributed by atoms with van der Waals surface area (Å²) >= 11 is 0. The van der Waals surface area contributed by atoms with Crippen molar-refractivity contribution in [2.75, 3.05) is 20.8 Å². The van der Waals surface area contributed by atoms with Gasteiger partial charge in [-0.3, -0.25) is 0 Å². The fourth-order valence-electron chi connectivity index (χ4n) is 4.17. The highest BCUT2D eigenvalue weighted by molar-refractivity contribution is 5.88. The number of fused-ring (bicyclic) bond motifs is 4. The molecular formula is C24H20O9. The van der Waals surface area contributed by atoms with Gasteiger partial charge >= 0.3 is 11.3 Å². The maximum Gasteiger partial charge on any atom is 0.344 e. The molecule has 2 atom stereocenters. The Morgan fingerprint density at radius 1 is 0.879 bits per heavy atom. The number of ether oxygens (including phenoxy) is 4. The normalized spacial score (nSPS) is 17.2. The zero-order chi connectivity index (χ0) is 23.3. The van der Waals surface area contributed by atoms with Crippen molar-refractivity contribution in [1.82, 2.24) is 0 Å². The van der Waals surface area contributed by atoms with E-state index in [4.69, 9.17) is 27.8 Å². The van der Waals surface area contributed by atoms with Crippen LogP contribution in [0.3, 0.4) is 0 Å². The number of rotatable bonds is 5. The Morgan fingerprint density at radius 3 is 2.06 bits per heavy atom. The monoisotopic (exact) mass is 452 g/mol. The van der Waals surface area contributed by atoms with E-state index in [1.54, 1.807) is 37.3 Å². The van der Waals surface area contributed by atoms with Gasteiger partial charge in [0, 0.05) is 18.7 Å². The third-order valence-electron chi connectivity index (χ3n) is 5.68. The summed E-state index contributed by atoms with van der Waals surface area (Å²) in [5.41, 5.74) is -1.21. The van der Waals surface area contributed by atoms with Crippen LogP contribution in [0.4, 0.5) is 0 Å². The highest BCUT2D eigenvalue weighted by atomic mass is 16.7. The highest BCUT2D eigenvalue weighted by Gasteiger charge is 2.44. The lowest BCUT2D eigenvalue weighted by molar-refractivity contribution is -0.0698. The second-order valence-corrected chi connectivity index (χ2v) is 7.43. The van der Waals surface area contributed by atoms with Crippen LogP contribution >= 0.6 is 0 Å². The quantitative estimate of drug-likeness (QED) is 0.454. The van der Waals surface area contributed by atoms with Gasteiger partial charge in [-0.2, -0.15) is 0 Å². The third kappa shape index (κ3) is 3.20. The Labute approximate surface area is 186 Å². The van der Waals surface area contributed by atoms with Crippen LogP contribution in [0, 0.1) is 0 Å². The van der Waals surface area contributed by atoms with Gasteiger partial charge in [-0.05, 0) is 31.2 Å².